The minimum Gasteiger partial charge on any atom is -0.310 e. The van der Waals surface area contributed by atoms with Crippen LogP contribution < -0.4 is 9.80 Å². The van der Waals surface area contributed by atoms with Crippen LogP contribution in [-0.4, -0.2) is 4.57 Å². The molecule has 0 bridgehead atoms. The van der Waals surface area contributed by atoms with E-state index in [0.29, 0.717) is 0 Å². The average molecular weight is 930 g/mol. The standard InChI is InChI=1S/C70H47N3/c1-2-19-57(20-3-1)72(70-47-56-18-8-9-21-63(56)64-22-10-11-23-65(64)70)59-37-26-50(27-38-59)51-28-39-60(40-29-51)73-68-25-13-12-24-66(68)67-46-55(34-43-69(67)73)52-30-35-58(36-31-52)71(61-41-32-48-14-4-6-16-53(48)44-61)62-42-33-49-15-5-7-17-54(49)45-62/h1-47H. The van der Waals surface area contributed by atoms with Crippen molar-refractivity contribution in [3.63, 3.8) is 0 Å². The average Bonchev–Trinajstić information content (AvgIpc) is 3.80. The van der Waals surface area contributed by atoms with Crippen LogP contribution >= 0.6 is 0 Å². The molecule has 0 aliphatic carbocycles. The fourth-order valence-corrected chi connectivity index (χ4v) is 11.1. The Morgan fingerprint density at radius 1 is 0.219 bits per heavy atom. The van der Waals surface area contributed by atoms with E-state index in [9.17, 15) is 0 Å². The van der Waals surface area contributed by atoms with E-state index in [2.05, 4.69) is 299 Å². The Morgan fingerprint density at radius 3 is 1.30 bits per heavy atom. The summed E-state index contributed by atoms with van der Waals surface area (Å²) >= 11 is 0. The first kappa shape index (κ1) is 42.2. The van der Waals surface area contributed by atoms with Crippen molar-refractivity contribution < 1.29 is 0 Å². The Morgan fingerprint density at radius 2 is 0.658 bits per heavy atom. The summed E-state index contributed by atoms with van der Waals surface area (Å²) in [7, 11) is 0. The third kappa shape index (κ3) is 7.46. The number of anilines is 6. The predicted octanol–water partition coefficient (Wildman–Crippen LogP) is 19.7. The third-order valence-electron chi connectivity index (χ3n) is 14.7. The Hall–Kier alpha value is -9.70. The molecular weight excluding hydrogens is 883 g/mol. The SMILES string of the molecule is c1ccc(N(c2ccc(-c3ccc(-n4c5ccccc5c5cc(-c6ccc(N(c7ccc8ccccc8c7)c7ccc8ccccc8c7)cc6)ccc54)cc3)cc2)c2cc3ccccc3c3ccccc23)cc1. The molecule has 0 aliphatic heterocycles. The molecule has 1 aromatic heterocycles. The van der Waals surface area contributed by atoms with Crippen LogP contribution in [0, 0.1) is 0 Å². The van der Waals surface area contributed by atoms with E-state index in [1.165, 1.54) is 87.1 Å². The van der Waals surface area contributed by atoms with Crippen molar-refractivity contribution in [1.29, 1.82) is 0 Å². The molecule has 13 aromatic carbocycles. The van der Waals surface area contributed by atoms with E-state index >= 15 is 0 Å². The number of hydrogen-bond donors (Lipinski definition) is 0. The highest BCUT2D eigenvalue weighted by atomic mass is 15.1. The molecule has 0 saturated carbocycles. The molecule has 14 rings (SSSR count). The van der Waals surface area contributed by atoms with Gasteiger partial charge < -0.3 is 14.4 Å². The van der Waals surface area contributed by atoms with Gasteiger partial charge in [0.1, 0.15) is 0 Å². The fourth-order valence-electron chi connectivity index (χ4n) is 11.1. The van der Waals surface area contributed by atoms with Crippen LogP contribution in [0.1, 0.15) is 0 Å². The van der Waals surface area contributed by atoms with Crippen LogP contribution in [0.15, 0.2) is 285 Å². The molecule has 0 fully saturated rings. The van der Waals surface area contributed by atoms with Gasteiger partial charge in [-0.3, -0.25) is 0 Å². The maximum atomic E-state index is 2.40. The number of rotatable bonds is 9. The fraction of sp³-hybridized carbons (Fsp3) is 0. The summed E-state index contributed by atoms with van der Waals surface area (Å²) in [5.74, 6) is 0. The second-order valence-corrected chi connectivity index (χ2v) is 19.0. The van der Waals surface area contributed by atoms with Gasteiger partial charge >= 0.3 is 0 Å². The maximum Gasteiger partial charge on any atom is 0.0546 e. The van der Waals surface area contributed by atoms with Crippen molar-refractivity contribution in [1.82, 2.24) is 4.57 Å². The normalized spacial score (nSPS) is 11.6. The smallest absolute Gasteiger partial charge is 0.0546 e. The van der Waals surface area contributed by atoms with Gasteiger partial charge in [0.15, 0.2) is 0 Å². The molecule has 0 radical (unpaired) electrons. The van der Waals surface area contributed by atoms with Gasteiger partial charge in [-0.1, -0.05) is 188 Å². The first-order valence-corrected chi connectivity index (χ1v) is 25.1. The first-order chi connectivity index (χ1) is 36.2. The number of benzene rings is 13. The van der Waals surface area contributed by atoms with Crippen LogP contribution in [-0.2, 0) is 0 Å². The summed E-state index contributed by atoms with van der Waals surface area (Å²) in [5.41, 5.74) is 14.9. The molecule has 342 valence electrons. The first-order valence-electron chi connectivity index (χ1n) is 25.1. The van der Waals surface area contributed by atoms with E-state index in [-0.39, 0.29) is 0 Å². The monoisotopic (exact) mass is 929 g/mol. The Bertz CT molecular complexity index is 4280. The Labute approximate surface area is 424 Å². The minimum absolute atomic E-state index is 1.11. The maximum absolute atomic E-state index is 2.40. The number of hydrogen-bond acceptors (Lipinski definition) is 2. The Balaban J connectivity index is 0.785. The quantitative estimate of drug-likeness (QED) is 0.134. The highest BCUT2D eigenvalue weighted by Crippen LogP contribution is 2.44. The van der Waals surface area contributed by atoms with Crippen molar-refractivity contribution >= 4 is 99.0 Å². The van der Waals surface area contributed by atoms with Crippen LogP contribution in [0.4, 0.5) is 34.1 Å². The molecule has 0 N–H and O–H groups in total. The van der Waals surface area contributed by atoms with E-state index in [1.807, 2.05) is 0 Å². The number of para-hydroxylation sites is 2. The lowest BCUT2D eigenvalue weighted by Gasteiger charge is -2.27. The van der Waals surface area contributed by atoms with Gasteiger partial charge in [-0.25, -0.2) is 0 Å². The van der Waals surface area contributed by atoms with Crippen molar-refractivity contribution in [2.75, 3.05) is 9.80 Å². The lowest BCUT2D eigenvalue weighted by atomic mass is 9.98. The van der Waals surface area contributed by atoms with Crippen molar-refractivity contribution in [3.05, 3.63) is 285 Å². The molecule has 1 heterocycles. The van der Waals surface area contributed by atoms with E-state index in [0.717, 1.165) is 39.8 Å². The van der Waals surface area contributed by atoms with Crippen LogP contribution in [0.25, 0.3) is 92.8 Å². The van der Waals surface area contributed by atoms with Crippen molar-refractivity contribution in [2.24, 2.45) is 0 Å². The van der Waals surface area contributed by atoms with Gasteiger partial charge in [-0.05, 0) is 157 Å². The van der Waals surface area contributed by atoms with Crippen LogP contribution in [0.5, 0.6) is 0 Å². The van der Waals surface area contributed by atoms with Crippen LogP contribution in [0.2, 0.25) is 0 Å². The molecule has 0 spiro atoms. The van der Waals surface area contributed by atoms with Gasteiger partial charge in [0.25, 0.3) is 0 Å². The topological polar surface area (TPSA) is 11.4 Å². The van der Waals surface area contributed by atoms with Gasteiger partial charge in [0, 0.05) is 50.3 Å². The zero-order valence-electron chi connectivity index (χ0n) is 40.0. The summed E-state index contributed by atoms with van der Waals surface area (Å²) in [6.45, 7) is 0. The van der Waals surface area contributed by atoms with Gasteiger partial charge in [-0.2, -0.15) is 0 Å². The second kappa shape index (κ2) is 17.6. The van der Waals surface area contributed by atoms with Gasteiger partial charge in [-0.15, -0.1) is 0 Å². The predicted molar refractivity (Wildman–Crippen MR) is 311 cm³/mol. The van der Waals surface area contributed by atoms with E-state index < -0.39 is 0 Å². The van der Waals surface area contributed by atoms with E-state index in [4.69, 9.17) is 0 Å². The molecular formula is C70H47N3. The highest BCUT2D eigenvalue weighted by Gasteiger charge is 2.19. The molecule has 3 nitrogen and oxygen atoms in total. The molecule has 0 aliphatic rings. The lowest BCUT2D eigenvalue weighted by Crippen LogP contribution is -2.10. The van der Waals surface area contributed by atoms with Crippen molar-refractivity contribution in [2.45, 2.75) is 0 Å². The van der Waals surface area contributed by atoms with Gasteiger partial charge in [0.2, 0.25) is 0 Å². The van der Waals surface area contributed by atoms with Gasteiger partial charge in [0.05, 0.1) is 16.7 Å². The summed E-state index contributed by atoms with van der Waals surface area (Å²) in [6.07, 6.45) is 0. The Kier molecular flexibility index (Phi) is 10.2. The van der Waals surface area contributed by atoms with Crippen LogP contribution in [0.3, 0.4) is 0 Å². The summed E-state index contributed by atoms with van der Waals surface area (Å²) in [6, 6.07) is 104. The number of nitrogens with zero attached hydrogens (tertiary/aromatic N) is 3. The largest absolute Gasteiger partial charge is 0.310 e. The third-order valence-corrected chi connectivity index (χ3v) is 14.7. The molecule has 0 unspecified atom stereocenters. The number of fused-ring (bicyclic) bond motifs is 8. The second-order valence-electron chi connectivity index (χ2n) is 19.0. The lowest BCUT2D eigenvalue weighted by molar-refractivity contribution is 1.18. The minimum atomic E-state index is 1.11. The number of aromatic nitrogens is 1. The molecule has 0 atom stereocenters. The summed E-state index contributed by atoms with van der Waals surface area (Å²) in [5, 5.41) is 12.3. The molecule has 3 heteroatoms. The molecule has 14 aromatic rings. The highest BCUT2D eigenvalue weighted by molar-refractivity contribution is 6.15. The molecule has 73 heavy (non-hydrogen) atoms. The zero-order chi connectivity index (χ0) is 48.2. The van der Waals surface area contributed by atoms with Crippen molar-refractivity contribution in [3.8, 4) is 27.9 Å². The summed E-state index contributed by atoms with van der Waals surface area (Å²) < 4.78 is 2.40. The molecule has 0 saturated heterocycles. The summed E-state index contributed by atoms with van der Waals surface area (Å²) in [4.78, 5) is 4.76. The van der Waals surface area contributed by atoms with E-state index in [1.54, 1.807) is 0 Å². The zero-order valence-corrected chi connectivity index (χ0v) is 40.0. The molecule has 0 amide bonds.